The average Bonchev–Trinajstić information content (AvgIpc) is 3.70. The number of carbonyl (C=O) groups is 2. The van der Waals surface area contributed by atoms with Gasteiger partial charge in [-0.3, -0.25) is 9.59 Å². The molecule has 3 heterocycles. The summed E-state index contributed by atoms with van der Waals surface area (Å²) in [6.07, 6.45) is 7.61. The number of fused-ring (bicyclic) bond motifs is 2. The summed E-state index contributed by atoms with van der Waals surface area (Å²) in [7, 11) is -0.742. The third kappa shape index (κ3) is 6.71. The van der Waals surface area contributed by atoms with E-state index < -0.39 is 19.8 Å². The molecule has 2 fully saturated rings. The summed E-state index contributed by atoms with van der Waals surface area (Å²) >= 11 is 6.64. The van der Waals surface area contributed by atoms with Crippen molar-refractivity contribution in [2.24, 2.45) is 5.92 Å². The molecule has 9 heteroatoms. The van der Waals surface area contributed by atoms with Crippen LogP contribution in [-0.2, 0) is 19.9 Å². The highest BCUT2D eigenvalue weighted by Gasteiger charge is 2.66. The summed E-state index contributed by atoms with van der Waals surface area (Å²) in [6, 6.07) is 13.7. The Bertz CT molecular complexity index is 1530. The zero-order valence-corrected chi connectivity index (χ0v) is 30.8. The molecule has 2 saturated heterocycles. The number of halogens is 1. The minimum atomic E-state index is -2.40. The van der Waals surface area contributed by atoms with Gasteiger partial charge in [0, 0.05) is 29.6 Å². The quantitative estimate of drug-likeness (QED) is 0.205. The molecule has 254 valence electrons. The van der Waals surface area contributed by atoms with Gasteiger partial charge in [0.25, 0.3) is 5.91 Å². The normalized spacial score (nSPS) is 25.9. The van der Waals surface area contributed by atoms with E-state index in [1.165, 1.54) is 16.3 Å². The largest absolute Gasteiger partial charge is 0.497 e. The number of aliphatic hydroxyl groups excluding tert-OH is 1. The standard InChI is InChI=1S/C38H51ClN2O5Si/c1-25(2)10-8-11-26(3)19-21-41-33-18-13-28(39)22-32(33)38(37(41)44)27(4)36(47(6,7)31-16-14-30(45-5)15-17-31)34(46-38)23-35(43)40-20-9-12-29(40)24-42/h10,13-19,22,27,29,34,36,42H,8-9,11-12,20-21,23-24H2,1-7H3/b26-19+/t27-,29-,34+,36-,38+/m0/s1. The van der Waals surface area contributed by atoms with Crippen molar-refractivity contribution in [3.05, 3.63) is 76.3 Å². The molecule has 3 aliphatic heterocycles. The first kappa shape index (κ1) is 35.4. The van der Waals surface area contributed by atoms with Crippen molar-refractivity contribution >= 4 is 42.4 Å². The lowest BCUT2D eigenvalue weighted by atomic mass is 9.82. The van der Waals surface area contributed by atoms with Gasteiger partial charge in [-0.05, 0) is 82.3 Å². The molecule has 1 spiro atoms. The fourth-order valence-corrected chi connectivity index (χ4v) is 12.4. The molecule has 1 N–H and O–H groups in total. The molecule has 0 radical (unpaired) electrons. The lowest BCUT2D eigenvalue weighted by Crippen LogP contribution is -2.52. The van der Waals surface area contributed by atoms with E-state index in [-0.39, 0.29) is 42.3 Å². The molecule has 0 unspecified atom stereocenters. The summed E-state index contributed by atoms with van der Waals surface area (Å²) in [5.41, 5.74) is 2.80. The predicted octanol–water partition coefficient (Wildman–Crippen LogP) is 6.98. The molecule has 2 aromatic rings. The minimum Gasteiger partial charge on any atom is -0.497 e. The summed E-state index contributed by atoms with van der Waals surface area (Å²) in [5, 5.41) is 11.8. The van der Waals surface area contributed by atoms with Gasteiger partial charge in [-0.25, -0.2) is 0 Å². The van der Waals surface area contributed by atoms with Crippen molar-refractivity contribution in [2.75, 3.05) is 31.7 Å². The maximum atomic E-state index is 14.9. The molecule has 47 heavy (non-hydrogen) atoms. The van der Waals surface area contributed by atoms with Gasteiger partial charge in [0.15, 0.2) is 5.60 Å². The van der Waals surface area contributed by atoms with E-state index in [1.807, 2.05) is 40.1 Å². The van der Waals surface area contributed by atoms with Crippen LogP contribution in [0.3, 0.4) is 0 Å². The number of allylic oxidation sites excluding steroid dienone is 3. The Kier molecular flexibility index (Phi) is 10.8. The van der Waals surface area contributed by atoms with Crippen molar-refractivity contribution in [2.45, 2.75) is 96.2 Å². The lowest BCUT2D eigenvalue weighted by Gasteiger charge is -2.37. The van der Waals surface area contributed by atoms with Gasteiger partial charge < -0.3 is 24.4 Å². The van der Waals surface area contributed by atoms with Gasteiger partial charge in [0.2, 0.25) is 5.91 Å². The van der Waals surface area contributed by atoms with E-state index >= 15 is 0 Å². The molecule has 7 nitrogen and oxygen atoms in total. The van der Waals surface area contributed by atoms with E-state index in [1.54, 1.807) is 7.11 Å². The summed E-state index contributed by atoms with van der Waals surface area (Å²) in [4.78, 5) is 32.5. The van der Waals surface area contributed by atoms with Crippen LogP contribution in [0.15, 0.2) is 65.8 Å². The van der Waals surface area contributed by atoms with Gasteiger partial charge >= 0.3 is 0 Å². The van der Waals surface area contributed by atoms with Crippen LogP contribution in [0.4, 0.5) is 5.69 Å². The molecule has 3 aliphatic rings. The van der Waals surface area contributed by atoms with Crippen LogP contribution in [0.2, 0.25) is 23.7 Å². The number of methoxy groups -OCH3 is 1. The molecule has 2 aromatic carbocycles. The van der Waals surface area contributed by atoms with Crippen LogP contribution < -0.4 is 14.8 Å². The van der Waals surface area contributed by atoms with Crippen molar-refractivity contribution in [3.63, 3.8) is 0 Å². The van der Waals surface area contributed by atoms with Crippen LogP contribution in [-0.4, -0.2) is 68.8 Å². The number of ether oxygens (including phenoxy) is 2. The first-order valence-corrected chi connectivity index (χ1v) is 20.4. The fourth-order valence-electron chi connectivity index (χ4n) is 8.25. The van der Waals surface area contributed by atoms with E-state index in [2.05, 4.69) is 65.1 Å². The fraction of sp³-hybridized carbons (Fsp3) is 0.526. The first-order valence-electron chi connectivity index (χ1n) is 17.0. The van der Waals surface area contributed by atoms with Crippen LogP contribution in [0.25, 0.3) is 0 Å². The molecule has 0 bridgehead atoms. The van der Waals surface area contributed by atoms with Crippen molar-refractivity contribution in [1.82, 2.24) is 4.90 Å². The zero-order chi connectivity index (χ0) is 34.1. The zero-order valence-electron chi connectivity index (χ0n) is 29.0. The van der Waals surface area contributed by atoms with Crippen molar-refractivity contribution in [3.8, 4) is 5.75 Å². The number of hydrogen-bond donors (Lipinski definition) is 1. The molecule has 5 atom stereocenters. The molecule has 5 rings (SSSR count). The summed E-state index contributed by atoms with van der Waals surface area (Å²) in [5.74, 6) is 0.443. The van der Waals surface area contributed by atoms with E-state index in [9.17, 15) is 14.7 Å². The Balaban J connectivity index is 1.55. The number of aliphatic hydroxyl groups is 1. The molecular weight excluding hydrogens is 628 g/mol. The van der Waals surface area contributed by atoms with Gasteiger partial charge in [-0.2, -0.15) is 0 Å². The van der Waals surface area contributed by atoms with E-state index in [0.717, 1.165) is 42.7 Å². The van der Waals surface area contributed by atoms with Crippen molar-refractivity contribution < 1.29 is 24.2 Å². The second kappa shape index (κ2) is 14.3. The number of amides is 2. The lowest BCUT2D eigenvalue weighted by molar-refractivity contribution is -0.149. The highest BCUT2D eigenvalue weighted by atomic mass is 35.5. The van der Waals surface area contributed by atoms with Gasteiger partial charge in [-0.1, -0.05) is 72.2 Å². The van der Waals surface area contributed by atoms with E-state index in [0.29, 0.717) is 18.1 Å². The maximum Gasteiger partial charge on any atom is 0.264 e. The number of benzene rings is 2. The third-order valence-corrected chi connectivity index (χ3v) is 15.4. The average molecular weight is 679 g/mol. The van der Waals surface area contributed by atoms with Gasteiger partial charge in [0.05, 0.1) is 46.0 Å². The third-order valence-electron chi connectivity index (χ3n) is 10.8. The van der Waals surface area contributed by atoms with Crippen LogP contribution in [0.5, 0.6) is 5.75 Å². The van der Waals surface area contributed by atoms with Gasteiger partial charge in [-0.15, -0.1) is 0 Å². The number of hydrogen-bond acceptors (Lipinski definition) is 5. The Morgan fingerprint density at radius 1 is 1.15 bits per heavy atom. The highest BCUT2D eigenvalue weighted by molar-refractivity contribution is 6.91. The smallest absolute Gasteiger partial charge is 0.264 e. The summed E-state index contributed by atoms with van der Waals surface area (Å²) < 4.78 is 12.6. The second-order valence-corrected chi connectivity index (χ2v) is 19.5. The number of anilines is 1. The number of rotatable bonds is 11. The SMILES string of the molecule is COc1ccc([Si](C)(C)[C@@H]2[C@@H](CC(=O)N3CCC[C@H]3CO)O[C@]3(C(=O)N(C/C=C(\C)CCC=C(C)C)c4ccc(Cl)cc43)[C@H]2C)cc1. The van der Waals surface area contributed by atoms with Crippen molar-refractivity contribution in [1.29, 1.82) is 0 Å². The molecule has 0 aliphatic carbocycles. The number of nitrogens with zero attached hydrogens (tertiary/aromatic N) is 2. The highest BCUT2D eigenvalue weighted by Crippen LogP contribution is 2.60. The van der Waals surface area contributed by atoms with Crippen LogP contribution >= 0.6 is 11.6 Å². The Hall–Kier alpha value is -2.91. The van der Waals surface area contributed by atoms with Gasteiger partial charge in [0.1, 0.15) is 5.75 Å². The molecule has 0 aromatic heterocycles. The second-order valence-electron chi connectivity index (χ2n) is 14.4. The van der Waals surface area contributed by atoms with E-state index in [4.69, 9.17) is 21.1 Å². The Morgan fingerprint density at radius 2 is 1.87 bits per heavy atom. The molecule has 2 amide bonds. The Morgan fingerprint density at radius 3 is 2.53 bits per heavy atom. The van der Waals surface area contributed by atoms with Crippen LogP contribution in [0, 0.1) is 5.92 Å². The topological polar surface area (TPSA) is 79.3 Å². The minimum absolute atomic E-state index is 0.0242. The summed E-state index contributed by atoms with van der Waals surface area (Å²) in [6.45, 7) is 14.1. The predicted molar refractivity (Wildman–Crippen MR) is 192 cm³/mol. The maximum absolute atomic E-state index is 14.9. The number of likely N-dealkylation sites (tertiary alicyclic amines) is 1. The molecule has 0 saturated carbocycles. The van der Waals surface area contributed by atoms with Crippen LogP contribution in [0.1, 0.15) is 65.4 Å². The first-order chi connectivity index (χ1) is 22.3. The number of carbonyl (C=O) groups excluding carboxylic acids is 2. The Labute approximate surface area is 286 Å². The monoisotopic (exact) mass is 678 g/mol. The molecular formula is C38H51ClN2O5Si.